The molecule has 0 fully saturated rings. The number of carbonyl (C=O) groups is 1. The van der Waals surface area contributed by atoms with E-state index >= 15 is 0 Å². The molecular weight excluding hydrogens is 438 g/mol. The summed E-state index contributed by atoms with van der Waals surface area (Å²) in [5.41, 5.74) is 0.761. The van der Waals surface area contributed by atoms with Gasteiger partial charge in [0.15, 0.2) is 16.7 Å². The standard InChI is InChI=1S/C23H18ClNO7/c1-28-18-7-4-13(10-20(18)29-2)17-9-14-3-5-15(11-19(14)31-23(17)27)30-22(26)8-6-16-12-21(24)25-32-16/h3-5,7,9-12H,6,8H2,1-2H3. The molecule has 2 heterocycles. The lowest BCUT2D eigenvalue weighted by Gasteiger charge is -2.10. The van der Waals surface area contributed by atoms with E-state index in [1.165, 1.54) is 26.4 Å². The minimum Gasteiger partial charge on any atom is -0.493 e. The van der Waals surface area contributed by atoms with E-state index in [4.69, 9.17) is 34.8 Å². The van der Waals surface area contributed by atoms with E-state index in [0.717, 1.165) is 0 Å². The Bertz CT molecular complexity index is 1340. The molecular formula is C23H18ClNO7. The number of aromatic nitrogens is 1. The SMILES string of the molecule is COc1ccc(-c2cc3ccc(OC(=O)CCc4cc(Cl)no4)cc3oc2=O)cc1OC. The van der Waals surface area contributed by atoms with Crippen LogP contribution in [-0.4, -0.2) is 25.3 Å². The van der Waals surface area contributed by atoms with E-state index < -0.39 is 11.6 Å². The van der Waals surface area contributed by atoms with Crippen molar-refractivity contribution >= 4 is 28.5 Å². The number of benzene rings is 2. The third kappa shape index (κ3) is 4.60. The number of rotatable bonds is 7. The molecule has 0 radical (unpaired) electrons. The summed E-state index contributed by atoms with van der Waals surface area (Å²) in [4.78, 5) is 24.7. The van der Waals surface area contributed by atoms with E-state index in [0.29, 0.717) is 45.8 Å². The Morgan fingerprint density at radius 3 is 2.56 bits per heavy atom. The average molecular weight is 456 g/mol. The quantitative estimate of drug-likeness (QED) is 0.225. The number of fused-ring (bicyclic) bond motifs is 1. The van der Waals surface area contributed by atoms with E-state index in [1.807, 2.05) is 0 Å². The Labute approximate surface area is 187 Å². The third-order valence-corrected chi connectivity index (χ3v) is 4.92. The topological polar surface area (TPSA) is 101 Å². The smallest absolute Gasteiger partial charge is 0.344 e. The van der Waals surface area contributed by atoms with Crippen LogP contribution >= 0.6 is 11.6 Å². The number of hydrogen-bond donors (Lipinski definition) is 0. The second-order valence-corrected chi connectivity index (χ2v) is 7.19. The molecule has 2 aromatic heterocycles. The summed E-state index contributed by atoms with van der Waals surface area (Å²) < 4.78 is 26.3. The van der Waals surface area contributed by atoms with Crippen molar-refractivity contribution < 1.29 is 27.9 Å². The number of carbonyl (C=O) groups excluding carboxylic acids is 1. The molecule has 8 nitrogen and oxygen atoms in total. The molecule has 9 heteroatoms. The highest BCUT2D eigenvalue weighted by Crippen LogP contribution is 2.32. The highest BCUT2D eigenvalue weighted by molar-refractivity contribution is 6.29. The number of nitrogens with zero attached hydrogens (tertiary/aromatic N) is 1. The molecule has 0 aliphatic carbocycles. The molecule has 164 valence electrons. The van der Waals surface area contributed by atoms with Gasteiger partial charge in [-0.15, -0.1) is 0 Å². The van der Waals surface area contributed by atoms with Crippen molar-refractivity contribution in [2.75, 3.05) is 14.2 Å². The second-order valence-electron chi connectivity index (χ2n) is 6.81. The molecule has 0 aliphatic rings. The fourth-order valence-electron chi connectivity index (χ4n) is 3.17. The van der Waals surface area contributed by atoms with Crippen molar-refractivity contribution in [3.63, 3.8) is 0 Å². The molecule has 0 bridgehead atoms. The summed E-state index contributed by atoms with van der Waals surface area (Å²) in [5.74, 6) is 1.33. The maximum absolute atomic E-state index is 12.6. The predicted molar refractivity (Wildman–Crippen MR) is 116 cm³/mol. The minimum absolute atomic E-state index is 0.0751. The first kappa shape index (κ1) is 21.5. The van der Waals surface area contributed by atoms with Gasteiger partial charge >= 0.3 is 11.6 Å². The first-order valence-electron chi connectivity index (χ1n) is 9.59. The Morgan fingerprint density at radius 1 is 1.03 bits per heavy atom. The summed E-state index contributed by atoms with van der Waals surface area (Å²) in [6.07, 6.45) is 0.377. The molecule has 32 heavy (non-hydrogen) atoms. The molecule has 0 unspecified atom stereocenters. The van der Waals surface area contributed by atoms with Crippen LogP contribution in [-0.2, 0) is 11.2 Å². The normalized spacial score (nSPS) is 10.8. The van der Waals surface area contributed by atoms with Crippen molar-refractivity contribution in [2.45, 2.75) is 12.8 Å². The average Bonchev–Trinajstić information content (AvgIpc) is 3.21. The highest BCUT2D eigenvalue weighted by atomic mass is 35.5. The largest absolute Gasteiger partial charge is 0.493 e. The fourth-order valence-corrected chi connectivity index (χ4v) is 3.33. The van der Waals surface area contributed by atoms with Gasteiger partial charge in [-0.1, -0.05) is 22.8 Å². The van der Waals surface area contributed by atoms with Crippen LogP contribution in [0.25, 0.3) is 22.1 Å². The maximum Gasteiger partial charge on any atom is 0.344 e. The Balaban J connectivity index is 1.54. The molecule has 0 amide bonds. The number of halogens is 1. The molecule has 0 atom stereocenters. The second kappa shape index (κ2) is 9.15. The van der Waals surface area contributed by atoms with Crippen LogP contribution in [0.5, 0.6) is 17.2 Å². The highest BCUT2D eigenvalue weighted by Gasteiger charge is 2.14. The van der Waals surface area contributed by atoms with Gasteiger partial charge in [0.05, 0.1) is 26.2 Å². The van der Waals surface area contributed by atoms with Gasteiger partial charge in [-0.2, -0.15) is 0 Å². The van der Waals surface area contributed by atoms with E-state index in [1.54, 1.807) is 36.4 Å². The minimum atomic E-state index is -0.532. The predicted octanol–water partition coefficient (Wildman–Crippen LogP) is 4.66. The molecule has 0 spiro atoms. The van der Waals surface area contributed by atoms with Crippen LogP contribution in [0.3, 0.4) is 0 Å². The van der Waals surface area contributed by atoms with Gasteiger partial charge in [0.25, 0.3) is 0 Å². The van der Waals surface area contributed by atoms with Crippen molar-refractivity contribution in [1.82, 2.24) is 5.16 Å². The zero-order chi connectivity index (χ0) is 22.7. The molecule has 0 aliphatic heterocycles. The van der Waals surface area contributed by atoms with E-state index in [-0.39, 0.29) is 17.3 Å². The Kier molecular flexibility index (Phi) is 6.13. The molecule has 4 rings (SSSR count). The lowest BCUT2D eigenvalue weighted by molar-refractivity contribution is -0.134. The summed E-state index contributed by atoms with van der Waals surface area (Å²) in [5, 5.41) is 4.45. The van der Waals surface area contributed by atoms with Crippen LogP contribution in [0.4, 0.5) is 0 Å². The Hall–Kier alpha value is -3.78. The summed E-state index contributed by atoms with van der Waals surface area (Å²) >= 11 is 5.68. The summed E-state index contributed by atoms with van der Waals surface area (Å²) in [6, 6.07) is 13.2. The van der Waals surface area contributed by atoms with Crippen LogP contribution in [0.1, 0.15) is 12.2 Å². The van der Waals surface area contributed by atoms with Gasteiger partial charge in [0.1, 0.15) is 17.1 Å². The van der Waals surface area contributed by atoms with Gasteiger partial charge in [0, 0.05) is 23.9 Å². The summed E-state index contributed by atoms with van der Waals surface area (Å²) in [7, 11) is 3.06. The first-order chi connectivity index (χ1) is 15.5. The van der Waals surface area contributed by atoms with Gasteiger partial charge in [-0.3, -0.25) is 4.79 Å². The molecule has 0 saturated heterocycles. The lowest BCUT2D eigenvalue weighted by atomic mass is 10.1. The number of methoxy groups -OCH3 is 2. The van der Waals surface area contributed by atoms with Crippen molar-refractivity contribution in [3.8, 4) is 28.4 Å². The third-order valence-electron chi connectivity index (χ3n) is 4.74. The van der Waals surface area contributed by atoms with E-state index in [2.05, 4.69) is 5.16 Å². The molecule has 0 saturated carbocycles. The van der Waals surface area contributed by atoms with E-state index in [9.17, 15) is 9.59 Å². The number of aryl methyl sites for hydroxylation is 1. The number of ether oxygens (including phenoxy) is 3. The zero-order valence-electron chi connectivity index (χ0n) is 17.2. The van der Waals surface area contributed by atoms with Crippen LogP contribution in [0.2, 0.25) is 5.15 Å². The van der Waals surface area contributed by atoms with Gasteiger partial charge in [-0.25, -0.2) is 4.79 Å². The van der Waals surface area contributed by atoms with Crippen molar-refractivity contribution in [3.05, 3.63) is 69.9 Å². The molecule has 4 aromatic rings. The van der Waals surface area contributed by atoms with Crippen LogP contribution < -0.4 is 19.8 Å². The fraction of sp³-hybridized carbons (Fsp3) is 0.174. The van der Waals surface area contributed by atoms with Crippen molar-refractivity contribution in [1.29, 1.82) is 0 Å². The molecule has 0 N–H and O–H groups in total. The van der Waals surface area contributed by atoms with Gasteiger partial charge in [0.2, 0.25) is 0 Å². The zero-order valence-corrected chi connectivity index (χ0v) is 18.0. The Morgan fingerprint density at radius 2 is 1.84 bits per heavy atom. The monoisotopic (exact) mass is 455 g/mol. The number of hydrogen-bond acceptors (Lipinski definition) is 8. The maximum atomic E-state index is 12.6. The number of esters is 1. The summed E-state index contributed by atoms with van der Waals surface area (Å²) in [6.45, 7) is 0. The lowest BCUT2D eigenvalue weighted by Crippen LogP contribution is -2.09. The molecule has 2 aromatic carbocycles. The van der Waals surface area contributed by atoms with Crippen LogP contribution in [0.15, 0.2) is 62.3 Å². The van der Waals surface area contributed by atoms with Gasteiger partial charge in [-0.05, 0) is 35.9 Å². The van der Waals surface area contributed by atoms with Crippen molar-refractivity contribution in [2.24, 2.45) is 0 Å². The van der Waals surface area contributed by atoms with Gasteiger partial charge < -0.3 is 23.2 Å². The first-order valence-corrected chi connectivity index (χ1v) is 9.96. The van der Waals surface area contributed by atoms with Crippen LogP contribution in [0, 0.1) is 0 Å².